The van der Waals surface area contributed by atoms with Crippen LogP contribution in [0.1, 0.15) is 31.2 Å². The summed E-state index contributed by atoms with van der Waals surface area (Å²) in [5.74, 6) is -0.727. The normalized spacial score (nSPS) is 16.4. The van der Waals surface area contributed by atoms with Gasteiger partial charge in [0.25, 0.3) is 5.56 Å². The number of hydrogen-bond acceptors (Lipinski definition) is 6. The maximum Gasteiger partial charge on any atom is 0.338 e. The number of thiazole rings is 1. The highest BCUT2D eigenvalue weighted by Crippen LogP contribution is 2.30. The third kappa shape index (κ3) is 3.42. The third-order valence-corrected chi connectivity index (χ3v) is 5.92. The van der Waals surface area contributed by atoms with Crippen molar-refractivity contribution in [3.05, 3.63) is 89.7 Å². The highest BCUT2D eigenvalue weighted by Gasteiger charge is 2.35. The fraction of sp³-hybridized carbons (Fsp3) is 0.190. The van der Waals surface area contributed by atoms with Gasteiger partial charge in [0, 0.05) is 5.56 Å². The second-order valence-corrected chi connectivity index (χ2v) is 7.87. The van der Waals surface area contributed by atoms with Crippen LogP contribution in [0.3, 0.4) is 0 Å². The summed E-state index contributed by atoms with van der Waals surface area (Å²) in [4.78, 5) is 30.7. The van der Waals surface area contributed by atoms with Gasteiger partial charge in [0.1, 0.15) is 17.6 Å². The van der Waals surface area contributed by atoms with E-state index in [0.29, 0.717) is 16.3 Å². The molecule has 1 aliphatic rings. The molecule has 0 aliphatic carbocycles. The van der Waals surface area contributed by atoms with Crippen LogP contribution >= 0.6 is 22.9 Å². The van der Waals surface area contributed by atoms with Gasteiger partial charge in [0.05, 0.1) is 33.7 Å². The van der Waals surface area contributed by atoms with Gasteiger partial charge in [-0.2, -0.15) is 0 Å². The Bertz CT molecular complexity index is 1320. The summed E-state index contributed by atoms with van der Waals surface area (Å²) in [5, 5.41) is 0.187. The number of fused-ring (bicyclic) bond motifs is 1. The van der Waals surface area contributed by atoms with E-state index in [-0.39, 0.29) is 27.3 Å². The van der Waals surface area contributed by atoms with Gasteiger partial charge >= 0.3 is 5.97 Å². The molecular formula is C21H16ClFN2O4S. The number of benzene rings is 1. The number of ether oxygens (including phenoxy) is 1. The van der Waals surface area contributed by atoms with Crippen molar-refractivity contribution in [3.63, 3.8) is 0 Å². The highest BCUT2D eigenvalue weighted by molar-refractivity contribution is 7.07. The van der Waals surface area contributed by atoms with Gasteiger partial charge in [-0.15, -0.1) is 0 Å². The molecule has 1 atom stereocenters. The van der Waals surface area contributed by atoms with E-state index in [1.807, 2.05) is 0 Å². The van der Waals surface area contributed by atoms with Crippen LogP contribution in [0.4, 0.5) is 4.39 Å². The van der Waals surface area contributed by atoms with E-state index in [1.165, 1.54) is 29.0 Å². The molecule has 30 heavy (non-hydrogen) atoms. The summed E-state index contributed by atoms with van der Waals surface area (Å²) in [5.41, 5.74) is 0.315. The van der Waals surface area contributed by atoms with Crippen molar-refractivity contribution < 1.29 is 18.3 Å². The lowest BCUT2D eigenvalue weighted by Gasteiger charge is -2.22. The number of furan rings is 1. The molecule has 3 aromatic rings. The lowest BCUT2D eigenvalue weighted by atomic mass is 10.0. The molecule has 3 heterocycles. The Morgan fingerprint density at radius 2 is 2.20 bits per heavy atom. The Balaban J connectivity index is 1.98. The fourth-order valence-electron chi connectivity index (χ4n) is 3.29. The number of esters is 1. The zero-order valence-electron chi connectivity index (χ0n) is 16.0. The molecule has 1 aromatic carbocycles. The van der Waals surface area contributed by atoms with Crippen LogP contribution in [0.2, 0.25) is 5.02 Å². The summed E-state index contributed by atoms with van der Waals surface area (Å²) >= 11 is 7.19. The van der Waals surface area contributed by atoms with Crippen molar-refractivity contribution in [2.24, 2.45) is 4.99 Å². The quantitative estimate of drug-likeness (QED) is 0.577. The Morgan fingerprint density at radius 3 is 2.87 bits per heavy atom. The van der Waals surface area contributed by atoms with Gasteiger partial charge in [-0.3, -0.25) is 9.36 Å². The number of hydrogen-bond donors (Lipinski definition) is 0. The molecular weight excluding hydrogens is 431 g/mol. The minimum Gasteiger partial charge on any atom is -0.467 e. The topological polar surface area (TPSA) is 73.8 Å². The van der Waals surface area contributed by atoms with E-state index in [2.05, 4.69) is 4.99 Å². The molecule has 1 aliphatic heterocycles. The SMILES string of the molecule is CCOC(=O)C1=C(C)N=c2s/c(=C/c3c(F)cccc3Cl)c(=O)n2C1c1ccco1. The van der Waals surface area contributed by atoms with Gasteiger partial charge in [-0.05, 0) is 44.2 Å². The first-order valence-electron chi connectivity index (χ1n) is 9.09. The zero-order valence-corrected chi connectivity index (χ0v) is 17.6. The van der Waals surface area contributed by atoms with Crippen molar-refractivity contribution in [1.29, 1.82) is 0 Å². The Morgan fingerprint density at radius 1 is 1.40 bits per heavy atom. The van der Waals surface area contributed by atoms with E-state index in [4.69, 9.17) is 20.8 Å². The highest BCUT2D eigenvalue weighted by atomic mass is 35.5. The van der Waals surface area contributed by atoms with Gasteiger partial charge in [-0.1, -0.05) is 29.0 Å². The average Bonchev–Trinajstić information content (AvgIpc) is 3.33. The molecule has 0 saturated carbocycles. The summed E-state index contributed by atoms with van der Waals surface area (Å²) < 4.78 is 26.5. The Labute approximate surface area is 179 Å². The molecule has 0 amide bonds. The van der Waals surface area contributed by atoms with Crippen molar-refractivity contribution in [3.8, 4) is 0 Å². The number of carbonyl (C=O) groups excluding carboxylic acids is 1. The standard InChI is InChI=1S/C21H16ClFN2O4S/c1-3-28-20(27)17-11(2)24-21-25(18(17)15-8-5-9-29-15)19(26)16(30-21)10-12-13(22)6-4-7-14(12)23/h4-10,18H,3H2,1-2H3/b16-10+. The summed E-state index contributed by atoms with van der Waals surface area (Å²) in [7, 11) is 0. The first kappa shape index (κ1) is 20.3. The molecule has 0 radical (unpaired) electrons. The molecule has 4 rings (SSSR count). The van der Waals surface area contributed by atoms with Gasteiger partial charge in [0.2, 0.25) is 0 Å². The Hall–Kier alpha value is -2.97. The largest absolute Gasteiger partial charge is 0.467 e. The van der Waals surface area contributed by atoms with Crippen LogP contribution in [-0.2, 0) is 9.53 Å². The zero-order chi connectivity index (χ0) is 21.4. The van der Waals surface area contributed by atoms with Gasteiger partial charge < -0.3 is 9.15 Å². The van der Waals surface area contributed by atoms with Crippen LogP contribution < -0.4 is 14.9 Å². The van der Waals surface area contributed by atoms with Crippen molar-refractivity contribution in [2.45, 2.75) is 19.9 Å². The lowest BCUT2D eigenvalue weighted by molar-refractivity contribution is -0.139. The number of rotatable bonds is 4. The van der Waals surface area contributed by atoms with E-state index in [9.17, 15) is 14.0 Å². The minimum absolute atomic E-state index is 0.111. The maximum atomic E-state index is 14.2. The first-order chi connectivity index (χ1) is 14.4. The molecule has 0 fully saturated rings. The molecule has 0 spiro atoms. The van der Waals surface area contributed by atoms with E-state index in [1.54, 1.807) is 32.0 Å². The monoisotopic (exact) mass is 446 g/mol. The third-order valence-electron chi connectivity index (χ3n) is 4.60. The summed E-state index contributed by atoms with van der Waals surface area (Å²) in [6, 6.07) is 6.80. The summed E-state index contributed by atoms with van der Waals surface area (Å²) in [6.07, 6.45) is 2.85. The number of allylic oxidation sites excluding steroid dienone is 1. The summed E-state index contributed by atoms with van der Waals surface area (Å²) in [6.45, 7) is 3.55. The molecule has 6 nitrogen and oxygen atoms in total. The van der Waals surface area contributed by atoms with E-state index < -0.39 is 23.4 Å². The lowest BCUT2D eigenvalue weighted by Crippen LogP contribution is -2.39. The van der Waals surface area contributed by atoms with E-state index >= 15 is 0 Å². The molecule has 2 aromatic heterocycles. The van der Waals surface area contributed by atoms with Crippen LogP contribution in [0.5, 0.6) is 0 Å². The number of aromatic nitrogens is 1. The molecule has 0 saturated heterocycles. The van der Waals surface area contributed by atoms with Crippen molar-refractivity contribution in [1.82, 2.24) is 4.57 Å². The molecule has 0 bridgehead atoms. The predicted molar refractivity (Wildman–Crippen MR) is 111 cm³/mol. The van der Waals surface area contributed by atoms with Crippen LogP contribution in [0.25, 0.3) is 6.08 Å². The first-order valence-corrected chi connectivity index (χ1v) is 10.3. The van der Waals surface area contributed by atoms with Gasteiger partial charge in [0.15, 0.2) is 4.80 Å². The minimum atomic E-state index is -0.839. The molecule has 0 N–H and O–H groups in total. The predicted octanol–water partition coefficient (Wildman–Crippen LogP) is 3.18. The number of nitrogens with zero attached hydrogens (tertiary/aromatic N) is 2. The van der Waals surface area contributed by atoms with Crippen molar-refractivity contribution in [2.75, 3.05) is 6.61 Å². The average molecular weight is 447 g/mol. The molecule has 9 heteroatoms. The fourth-order valence-corrected chi connectivity index (χ4v) is 4.53. The van der Waals surface area contributed by atoms with Crippen LogP contribution in [-0.4, -0.2) is 17.1 Å². The number of halogens is 2. The van der Waals surface area contributed by atoms with Crippen molar-refractivity contribution >= 4 is 35.0 Å². The smallest absolute Gasteiger partial charge is 0.338 e. The maximum absolute atomic E-state index is 14.2. The Kier molecular flexibility index (Phi) is 5.44. The second-order valence-electron chi connectivity index (χ2n) is 6.45. The van der Waals surface area contributed by atoms with Gasteiger partial charge in [-0.25, -0.2) is 14.2 Å². The molecule has 154 valence electrons. The van der Waals surface area contributed by atoms with Crippen LogP contribution in [0, 0.1) is 5.82 Å². The second kappa shape index (κ2) is 8.04. The van der Waals surface area contributed by atoms with E-state index in [0.717, 1.165) is 11.3 Å². The van der Waals surface area contributed by atoms with Crippen LogP contribution in [0.15, 0.2) is 62.1 Å². The molecule has 1 unspecified atom stereocenters. The number of carbonyl (C=O) groups is 1.